The van der Waals surface area contributed by atoms with Crippen LogP contribution in [0.2, 0.25) is 0 Å². The predicted molar refractivity (Wildman–Crippen MR) is 66.7 cm³/mol. The van der Waals surface area contributed by atoms with Crippen LogP contribution in [-0.2, 0) is 9.53 Å². The molecule has 1 aromatic carbocycles. The molecule has 0 amide bonds. The van der Waals surface area contributed by atoms with Gasteiger partial charge in [0.15, 0.2) is 5.92 Å². The van der Waals surface area contributed by atoms with Crippen molar-refractivity contribution in [1.82, 2.24) is 4.98 Å². The molecule has 0 saturated carbocycles. The molecule has 0 saturated heterocycles. The molecule has 0 aliphatic carbocycles. The van der Waals surface area contributed by atoms with E-state index >= 15 is 0 Å². The van der Waals surface area contributed by atoms with Gasteiger partial charge in [-0.25, -0.2) is 0 Å². The first-order chi connectivity index (χ1) is 8.77. The molecular weight excluding hydrogens is 228 g/mol. The summed E-state index contributed by atoms with van der Waals surface area (Å²) in [6, 6.07) is 11.3. The van der Waals surface area contributed by atoms with Crippen LogP contribution in [0.1, 0.15) is 18.5 Å². The summed E-state index contributed by atoms with van der Waals surface area (Å²) in [5.41, 5.74) is 0.453. The molecule has 0 spiro atoms. The number of aromatic nitrogens is 1. The van der Waals surface area contributed by atoms with Crippen molar-refractivity contribution >= 4 is 16.7 Å². The fourth-order valence-electron chi connectivity index (χ4n) is 1.82. The summed E-state index contributed by atoms with van der Waals surface area (Å²) < 4.78 is 4.90. The van der Waals surface area contributed by atoms with Gasteiger partial charge in [0, 0.05) is 11.6 Å². The molecule has 1 heterocycles. The van der Waals surface area contributed by atoms with Gasteiger partial charge in [-0.3, -0.25) is 9.78 Å². The summed E-state index contributed by atoms with van der Waals surface area (Å²) in [5.74, 6) is -1.53. The lowest BCUT2D eigenvalue weighted by Gasteiger charge is -2.10. The maximum Gasteiger partial charge on any atom is 0.329 e. The highest BCUT2D eigenvalue weighted by Crippen LogP contribution is 2.24. The number of hydrogen-bond donors (Lipinski definition) is 0. The maximum absolute atomic E-state index is 11.7. The second-order valence-electron chi connectivity index (χ2n) is 3.73. The fourth-order valence-corrected chi connectivity index (χ4v) is 1.82. The van der Waals surface area contributed by atoms with E-state index in [0.717, 1.165) is 10.8 Å². The lowest BCUT2D eigenvalue weighted by Crippen LogP contribution is -2.15. The largest absolute Gasteiger partial charge is 0.465 e. The van der Waals surface area contributed by atoms with Crippen LogP contribution in [0, 0.1) is 11.3 Å². The lowest BCUT2D eigenvalue weighted by atomic mass is 10.0. The van der Waals surface area contributed by atoms with Gasteiger partial charge >= 0.3 is 5.97 Å². The minimum atomic E-state index is -0.976. The summed E-state index contributed by atoms with van der Waals surface area (Å²) in [7, 11) is 0. The van der Waals surface area contributed by atoms with Gasteiger partial charge < -0.3 is 4.74 Å². The summed E-state index contributed by atoms with van der Waals surface area (Å²) >= 11 is 0. The van der Waals surface area contributed by atoms with E-state index in [1.807, 2.05) is 36.4 Å². The first-order valence-electron chi connectivity index (χ1n) is 5.67. The van der Waals surface area contributed by atoms with Crippen LogP contribution in [0.25, 0.3) is 10.8 Å². The van der Waals surface area contributed by atoms with Crippen molar-refractivity contribution in [2.24, 2.45) is 0 Å². The van der Waals surface area contributed by atoms with E-state index in [4.69, 9.17) is 10.00 Å². The maximum atomic E-state index is 11.7. The fraction of sp³-hybridized carbons (Fsp3) is 0.214. The minimum absolute atomic E-state index is 0.252. The third kappa shape index (κ3) is 2.16. The number of benzene rings is 1. The van der Waals surface area contributed by atoms with Crippen molar-refractivity contribution in [3.63, 3.8) is 0 Å². The molecule has 1 unspecified atom stereocenters. The smallest absolute Gasteiger partial charge is 0.329 e. The minimum Gasteiger partial charge on any atom is -0.465 e. The van der Waals surface area contributed by atoms with Crippen molar-refractivity contribution in [3.8, 4) is 6.07 Å². The summed E-state index contributed by atoms with van der Waals surface area (Å²) in [4.78, 5) is 15.9. The molecule has 2 rings (SSSR count). The van der Waals surface area contributed by atoms with Gasteiger partial charge in [-0.2, -0.15) is 5.26 Å². The van der Waals surface area contributed by atoms with E-state index in [0.29, 0.717) is 5.69 Å². The van der Waals surface area contributed by atoms with Gasteiger partial charge in [0.05, 0.1) is 18.4 Å². The average molecular weight is 240 g/mol. The Labute approximate surface area is 105 Å². The Morgan fingerprint density at radius 3 is 2.94 bits per heavy atom. The van der Waals surface area contributed by atoms with Gasteiger partial charge in [0.2, 0.25) is 0 Å². The second kappa shape index (κ2) is 5.28. The predicted octanol–water partition coefficient (Wildman–Crippen LogP) is 2.41. The highest BCUT2D eigenvalue weighted by molar-refractivity contribution is 5.91. The van der Waals surface area contributed by atoms with Crippen LogP contribution in [0.4, 0.5) is 0 Å². The molecule has 4 nitrogen and oxygen atoms in total. The van der Waals surface area contributed by atoms with E-state index in [1.165, 1.54) is 0 Å². The second-order valence-corrected chi connectivity index (χ2v) is 3.73. The number of pyridine rings is 1. The normalized spacial score (nSPS) is 11.8. The van der Waals surface area contributed by atoms with E-state index in [2.05, 4.69) is 4.98 Å². The number of carbonyl (C=O) groups is 1. The van der Waals surface area contributed by atoms with Crippen LogP contribution in [0.5, 0.6) is 0 Å². The Hall–Kier alpha value is -2.41. The molecule has 18 heavy (non-hydrogen) atoms. The molecule has 0 fully saturated rings. The van der Waals surface area contributed by atoms with E-state index < -0.39 is 11.9 Å². The van der Waals surface area contributed by atoms with Crippen molar-refractivity contribution < 1.29 is 9.53 Å². The molecule has 0 N–H and O–H groups in total. The molecule has 0 bridgehead atoms. The molecular formula is C14H12N2O2. The lowest BCUT2D eigenvalue weighted by molar-refractivity contribution is -0.143. The van der Waals surface area contributed by atoms with Crippen LogP contribution in [0.15, 0.2) is 36.5 Å². The Kier molecular flexibility index (Phi) is 3.54. The number of nitrogens with zero attached hydrogens (tertiary/aromatic N) is 2. The highest BCUT2D eigenvalue weighted by Gasteiger charge is 2.24. The zero-order valence-corrected chi connectivity index (χ0v) is 9.96. The number of rotatable bonds is 3. The first-order valence-corrected chi connectivity index (χ1v) is 5.67. The van der Waals surface area contributed by atoms with E-state index in [1.54, 1.807) is 13.1 Å². The number of ether oxygens (including phenoxy) is 1. The molecule has 90 valence electrons. The van der Waals surface area contributed by atoms with E-state index in [-0.39, 0.29) is 6.61 Å². The molecule has 0 aliphatic heterocycles. The number of hydrogen-bond acceptors (Lipinski definition) is 4. The Morgan fingerprint density at radius 2 is 2.22 bits per heavy atom. The zero-order chi connectivity index (χ0) is 13.0. The standard InChI is InChI=1S/C14H12N2O2/c1-2-18-14(17)12(9-15)13-11-6-4-3-5-10(11)7-8-16-13/h3-8,12H,2H2,1H3. The third-order valence-electron chi connectivity index (χ3n) is 2.63. The van der Waals surface area contributed by atoms with E-state index in [9.17, 15) is 4.79 Å². The summed E-state index contributed by atoms with van der Waals surface area (Å²) in [5, 5.41) is 10.9. The third-order valence-corrected chi connectivity index (χ3v) is 2.63. The molecule has 0 aliphatic rings. The van der Waals surface area contributed by atoms with Gasteiger partial charge in [-0.1, -0.05) is 24.3 Å². The number of carbonyl (C=O) groups excluding carboxylic acids is 1. The molecule has 0 radical (unpaired) electrons. The Morgan fingerprint density at radius 1 is 1.44 bits per heavy atom. The van der Waals surface area contributed by atoms with Crippen LogP contribution < -0.4 is 0 Å². The Balaban J connectivity index is 2.52. The first kappa shape index (κ1) is 12.1. The SMILES string of the molecule is CCOC(=O)C(C#N)c1nccc2ccccc12. The van der Waals surface area contributed by atoms with Crippen molar-refractivity contribution in [1.29, 1.82) is 5.26 Å². The summed E-state index contributed by atoms with van der Waals surface area (Å²) in [6.07, 6.45) is 1.60. The van der Waals surface area contributed by atoms with Crippen molar-refractivity contribution in [2.45, 2.75) is 12.8 Å². The molecule has 2 aromatic rings. The topological polar surface area (TPSA) is 63.0 Å². The van der Waals surface area contributed by atoms with Gasteiger partial charge in [0.1, 0.15) is 0 Å². The molecule has 1 aromatic heterocycles. The van der Waals surface area contributed by atoms with Crippen molar-refractivity contribution in [3.05, 3.63) is 42.2 Å². The zero-order valence-electron chi connectivity index (χ0n) is 9.96. The number of nitriles is 1. The average Bonchev–Trinajstić information content (AvgIpc) is 2.40. The monoisotopic (exact) mass is 240 g/mol. The number of fused-ring (bicyclic) bond motifs is 1. The van der Waals surface area contributed by atoms with Gasteiger partial charge in [0.25, 0.3) is 0 Å². The van der Waals surface area contributed by atoms with Crippen molar-refractivity contribution in [2.75, 3.05) is 6.61 Å². The molecule has 4 heteroatoms. The van der Waals surface area contributed by atoms with Crippen LogP contribution in [0.3, 0.4) is 0 Å². The quantitative estimate of drug-likeness (QED) is 0.773. The van der Waals surface area contributed by atoms with Crippen LogP contribution in [-0.4, -0.2) is 17.6 Å². The summed E-state index contributed by atoms with van der Waals surface area (Å²) in [6.45, 7) is 1.96. The number of esters is 1. The van der Waals surface area contributed by atoms with Gasteiger partial charge in [-0.15, -0.1) is 0 Å². The Bertz CT molecular complexity index is 611. The highest BCUT2D eigenvalue weighted by atomic mass is 16.5. The van der Waals surface area contributed by atoms with Crippen LogP contribution >= 0.6 is 0 Å². The van der Waals surface area contributed by atoms with Gasteiger partial charge in [-0.05, 0) is 18.4 Å². The molecule has 1 atom stereocenters.